The molecule has 2 N–H and O–H groups in total. The molecule has 1 atom stereocenters. The lowest BCUT2D eigenvalue weighted by Gasteiger charge is -2.09. The highest BCUT2D eigenvalue weighted by Crippen LogP contribution is 2.32. The fraction of sp³-hybridized carbons (Fsp3) is 0.429. The van der Waals surface area contributed by atoms with Crippen LogP contribution in [-0.2, 0) is 11.2 Å². The Hall–Kier alpha value is -1.88. The summed E-state index contributed by atoms with van der Waals surface area (Å²) in [6.07, 6.45) is 1.88. The number of para-hydroxylation sites is 1. The van der Waals surface area contributed by atoms with Gasteiger partial charge in [-0.05, 0) is 30.9 Å². The Morgan fingerprint density at radius 2 is 2.26 bits per heavy atom. The second-order valence-electron chi connectivity index (χ2n) is 5.01. The molecule has 0 aliphatic heterocycles. The summed E-state index contributed by atoms with van der Waals surface area (Å²) >= 11 is 0. The second kappa shape index (κ2) is 5.01. The van der Waals surface area contributed by atoms with Gasteiger partial charge in [0.15, 0.2) is 5.58 Å². The zero-order valence-electron chi connectivity index (χ0n) is 10.5. The smallest absolute Gasteiger partial charge is 0.226 e. The van der Waals surface area contributed by atoms with Gasteiger partial charge in [0.25, 0.3) is 0 Å². The molecule has 2 aromatic rings. The van der Waals surface area contributed by atoms with Gasteiger partial charge in [-0.1, -0.05) is 17.3 Å². The normalized spacial score (nSPS) is 16.5. The molecule has 1 saturated carbocycles. The molecule has 5 nitrogen and oxygen atoms in total. The maximum atomic E-state index is 11.8. The van der Waals surface area contributed by atoms with E-state index in [-0.39, 0.29) is 12.3 Å². The van der Waals surface area contributed by atoms with Gasteiger partial charge in [-0.15, -0.1) is 0 Å². The van der Waals surface area contributed by atoms with Crippen LogP contribution in [0.25, 0.3) is 11.0 Å². The van der Waals surface area contributed by atoms with Gasteiger partial charge in [-0.2, -0.15) is 0 Å². The van der Waals surface area contributed by atoms with Crippen LogP contribution in [0.3, 0.4) is 0 Å². The summed E-state index contributed by atoms with van der Waals surface area (Å²) in [4.78, 5) is 11.8. The van der Waals surface area contributed by atoms with Gasteiger partial charge in [0.2, 0.25) is 5.91 Å². The first-order valence-electron chi connectivity index (χ1n) is 6.52. The number of aliphatic hydroxyl groups excluding tert-OH is 1. The number of hydrogen-bond acceptors (Lipinski definition) is 4. The predicted molar refractivity (Wildman–Crippen MR) is 69.5 cm³/mol. The summed E-state index contributed by atoms with van der Waals surface area (Å²) in [7, 11) is 0. The number of fused-ring (bicyclic) bond motifs is 1. The van der Waals surface area contributed by atoms with Gasteiger partial charge in [0.1, 0.15) is 5.69 Å². The quantitative estimate of drug-likeness (QED) is 0.848. The van der Waals surface area contributed by atoms with E-state index >= 15 is 0 Å². The number of nitrogens with zero attached hydrogens (tertiary/aromatic N) is 1. The first-order valence-corrected chi connectivity index (χ1v) is 6.52. The zero-order chi connectivity index (χ0) is 13.2. The number of rotatable bonds is 5. The average molecular weight is 260 g/mol. The minimum Gasteiger partial charge on any atom is -0.391 e. The molecule has 1 aromatic carbocycles. The zero-order valence-corrected chi connectivity index (χ0v) is 10.5. The van der Waals surface area contributed by atoms with Gasteiger partial charge in [0, 0.05) is 11.9 Å². The lowest BCUT2D eigenvalue weighted by atomic mass is 10.1. The fourth-order valence-corrected chi connectivity index (χ4v) is 2.15. The van der Waals surface area contributed by atoms with E-state index in [4.69, 9.17) is 4.52 Å². The largest absolute Gasteiger partial charge is 0.391 e. The van der Waals surface area contributed by atoms with Crippen LogP contribution in [0.1, 0.15) is 18.5 Å². The monoisotopic (exact) mass is 260 g/mol. The number of amides is 1. The molecular formula is C14H16N2O3. The van der Waals surface area contributed by atoms with Crippen molar-refractivity contribution in [2.24, 2.45) is 5.92 Å². The van der Waals surface area contributed by atoms with Crippen LogP contribution in [0.4, 0.5) is 0 Å². The molecule has 1 unspecified atom stereocenters. The first-order chi connectivity index (χ1) is 9.24. The molecular weight excluding hydrogens is 244 g/mol. The molecule has 1 heterocycles. The number of aromatic nitrogens is 1. The Morgan fingerprint density at radius 1 is 1.47 bits per heavy atom. The molecule has 0 spiro atoms. The number of nitrogens with one attached hydrogen (secondary N) is 1. The van der Waals surface area contributed by atoms with Gasteiger partial charge in [0.05, 0.1) is 12.5 Å². The Balaban J connectivity index is 1.59. The average Bonchev–Trinajstić information content (AvgIpc) is 3.20. The molecule has 0 bridgehead atoms. The molecule has 3 rings (SSSR count). The topological polar surface area (TPSA) is 75.4 Å². The molecule has 5 heteroatoms. The third kappa shape index (κ3) is 2.76. The van der Waals surface area contributed by atoms with Crippen molar-refractivity contribution in [2.45, 2.75) is 25.4 Å². The number of benzene rings is 1. The summed E-state index contributed by atoms with van der Waals surface area (Å²) in [6, 6.07) is 7.45. The van der Waals surface area contributed by atoms with E-state index in [9.17, 15) is 9.90 Å². The van der Waals surface area contributed by atoms with E-state index < -0.39 is 6.10 Å². The van der Waals surface area contributed by atoms with Gasteiger partial charge < -0.3 is 14.9 Å². The molecule has 1 amide bonds. The van der Waals surface area contributed by atoms with E-state index in [1.54, 1.807) is 0 Å². The van der Waals surface area contributed by atoms with Crippen LogP contribution in [0.2, 0.25) is 0 Å². The van der Waals surface area contributed by atoms with Gasteiger partial charge >= 0.3 is 0 Å². The molecule has 0 radical (unpaired) electrons. The van der Waals surface area contributed by atoms with Crippen LogP contribution in [-0.4, -0.2) is 28.8 Å². The van der Waals surface area contributed by atoms with Crippen molar-refractivity contribution >= 4 is 16.9 Å². The third-order valence-corrected chi connectivity index (χ3v) is 3.45. The lowest BCUT2D eigenvalue weighted by molar-refractivity contribution is -0.121. The molecule has 1 fully saturated rings. The Bertz CT molecular complexity index is 589. The van der Waals surface area contributed by atoms with Crippen molar-refractivity contribution in [2.75, 3.05) is 6.54 Å². The molecule has 1 aliphatic rings. The molecule has 19 heavy (non-hydrogen) atoms. The molecule has 1 aliphatic carbocycles. The number of carbonyl (C=O) groups excluding carboxylic acids is 1. The minimum absolute atomic E-state index is 0.140. The van der Waals surface area contributed by atoms with Crippen LogP contribution < -0.4 is 5.32 Å². The van der Waals surface area contributed by atoms with Crippen LogP contribution >= 0.6 is 0 Å². The van der Waals surface area contributed by atoms with Crippen molar-refractivity contribution in [3.8, 4) is 0 Å². The molecule has 100 valence electrons. The summed E-state index contributed by atoms with van der Waals surface area (Å²) in [5.41, 5.74) is 1.32. The van der Waals surface area contributed by atoms with Crippen molar-refractivity contribution in [3.63, 3.8) is 0 Å². The van der Waals surface area contributed by atoms with Gasteiger partial charge in [-0.3, -0.25) is 4.79 Å². The second-order valence-corrected chi connectivity index (χ2v) is 5.01. The van der Waals surface area contributed by atoms with E-state index in [1.165, 1.54) is 0 Å². The summed E-state index contributed by atoms with van der Waals surface area (Å²) in [5, 5.41) is 17.2. The standard InChI is InChI=1S/C14H16N2O3/c17-12(9-5-6-9)8-15-14(18)7-11-10-3-1-2-4-13(10)19-16-11/h1-4,9,12,17H,5-8H2,(H,15,18). The Labute approximate surface area is 110 Å². The van der Waals surface area contributed by atoms with Crippen molar-refractivity contribution in [1.29, 1.82) is 0 Å². The summed E-state index contributed by atoms with van der Waals surface area (Å²) in [5.74, 6) is 0.229. The number of aliphatic hydroxyl groups is 1. The maximum Gasteiger partial charge on any atom is 0.226 e. The van der Waals surface area contributed by atoms with Gasteiger partial charge in [-0.25, -0.2) is 0 Å². The lowest BCUT2D eigenvalue weighted by Crippen LogP contribution is -2.34. The van der Waals surface area contributed by atoms with Crippen LogP contribution in [0, 0.1) is 5.92 Å². The van der Waals surface area contributed by atoms with E-state index in [0.29, 0.717) is 23.7 Å². The fourth-order valence-electron chi connectivity index (χ4n) is 2.15. The summed E-state index contributed by atoms with van der Waals surface area (Å²) < 4.78 is 5.14. The van der Waals surface area contributed by atoms with Crippen LogP contribution in [0.15, 0.2) is 28.8 Å². The number of carbonyl (C=O) groups is 1. The number of hydrogen-bond donors (Lipinski definition) is 2. The van der Waals surface area contributed by atoms with Crippen molar-refractivity contribution in [1.82, 2.24) is 10.5 Å². The Kier molecular flexibility index (Phi) is 3.21. The first kappa shape index (κ1) is 12.2. The molecule has 0 saturated heterocycles. The highest BCUT2D eigenvalue weighted by atomic mass is 16.5. The predicted octanol–water partition coefficient (Wildman–Crippen LogP) is 1.26. The van der Waals surface area contributed by atoms with E-state index in [0.717, 1.165) is 18.2 Å². The summed E-state index contributed by atoms with van der Waals surface area (Å²) in [6.45, 7) is 0.319. The van der Waals surface area contributed by atoms with E-state index in [1.807, 2.05) is 24.3 Å². The van der Waals surface area contributed by atoms with Crippen molar-refractivity contribution in [3.05, 3.63) is 30.0 Å². The SMILES string of the molecule is O=C(Cc1noc2ccccc12)NCC(O)C1CC1. The van der Waals surface area contributed by atoms with Crippen molar-refractivity contribution < 1.29 is 14.4 Å². The van der Waals surface area contributed by atoms with Crippen LogP contribution in [0.5, 0.6) is 0 Å². The minimum atomic E-state index is -0.419. The maximum absolute atomic E-state index is 11.8. The van der Waals surface area contributed by atoms with E-state index in [2.05, 4.69) is 10.5 Å². The highest BCUT2D eigenvalue weighted by Gasteiger charge is 2.29. The highest BCUT2D eigenvalue weighted by molar-refractivity contribution is 5.86. The Morgan fingerprint density at radius 3 is 3.05 bits per heavy atom. The molecule has 1 aromatic heterocycles. The third-order valence-electron chi connectivity index (χ3n) is 3.45.